The van der Waals surface area contributed by atoms with Gasteiger partial charge in [0.1, 0.15) is 5.75 Å². The summed E-state index contributed by atoms with van der Waals surface area (Å²) >= 11 is 0. The number of ether oxygens (including phenoxy) is 1. The summed E-state index contributed by atoms with van der Waals surface area (Å²) in [4.78, 5) is 4.47. The van der Waals surface area contributed by atoms with Crippen LogP contribution >= 0.6 is 0 Å². The number of aromatic nitrogens is 3. The average Bonchev–Trinajstić information content (AvgIpc) is 2.87. The molecule has 1 aromatic carbocycles. The fourth-order valence-electron chi connectivity index (χ4n) is 2.10. The molecule has 5 nitrogen and oxygen atoms in total. The molecule has 0 spiro atoms. The second-order valence-corrected chi connectivity index (χ2v) is 4.64. The van der Waals surface area contributed by atoms with Crippen molar-refractivity contribution in [2.75, 3.05) is 12.8 Å². The highest BCUT2D eigenvalue weighted by Gasteiger charge is 2.04. The van der Waals surface area contributed by atoms with Gasteiger partial charge in [-0.15, -0.1) is 0 Å². The quantitative estimate of drug-likeness (QED) is 0.787. The molecule has 0 radical (unpaired) electrons. The maximum atomic E-state index is 5.73. The monoisotopic (exact) mass is 268 g/mol. The van der Waals surface area contributed by atoms with E-state index in [9.17, 15) is 0 Å². The van der Waals surface area contributed by atoms with Crippen molar-refractivity contribution >= 4 is 11.3 Å². The number of fused-ring (bicyclic) bond motifs is 1. The molecule has 2 aromatic heterocycles. The highest BCUT2D eigenvalue weighted by atomic mass is 16.5. The summed E-state index contributed by atoms with van der Waals surface area (Å²) < 4.78 is 6.89. The Morgan fingerprint density at radius 1 is 1.15 bits per heavy atom. The number of nitrogens with zero attached hydrogens (tertiary/aromatic N) is 3. The Kier molecular flexibility index (Phi) is 3.25. The van der Waals surface area contributed by atoms with E-state index in [1.54, 1.807) is 11.6 Å². The number of pyridine rings is 1. The third-order valence-electron chi connectivity index (χ3n) is 3.20. The largest absolute Gasteiger partial charge is 0.497 e. The van der Waals surface area contributed by atoms with E-state index in [0.29, 0.717) is 5.69 Å². The number of rotatable bonds is 4. The van der Waals surface area contributed by atoms with Crippen molar-refractivity contribution in [2.24, 2.45) is 0 Å². The molecule has 0 atom stereocenters. The first-order chi connectivity index (χ1) is 9.74. The van der Waals surface area contributed by atoms with Crippen molar-refractivity contribution in [3.63, 3.8) is 0 Å². The molecule has 20 heavy (non-hydrogen) atoms. The lowest BCUT2D eigenvalue weighted by Crippen LogP contribution is -1.94. The summed E-state index contributed by atoms with van der Waals surface area (Å²) in [7, 11) is 1.67. The molecule has 0 aliphatic rings. The van der Waals surface area contributed by atoms with Crippen LogP contribution in [0.1, 0.15) is 11.4 Å². The summed E-state index contributed by atoms with van der Waals surface area (Å²) in [6.07, 6.45) is 3.53. The molecule has 0 amide bonds. The zero-order chi connectivity index (χ0) is 13.9. The molecule has 0 fully saturated rings. The highest BCUT2D eigenvalue weighted by Crippen LogP contribution is 2.13. The smallest absolute Gasteiger partial charge is 0.157 e. The molecule has 0 aliphatic heterocycles. The topological polar surface area (TPSA) is 65.4 Å². The second-order valence-electron chi connectivity index (χ2n) is 4.64. The van der Waals surface area contributed by atoms with Crippen LogP contribution in [-0.4, -0.2) is 21.7 Å². The third-order valence-corrected chi connectivity index (χ3v) is 3.20. The average molecular weight is 268 g/mol. The Labute approximate surface area is 117 Å². The molecule has 0 saturated carbocycles. The molecule has 0 aliphatic carbocycles. The first-order valence-corrected chi connectivity index (χ1v) is 6.48. The van der Waals surface area contributed by atoms with Gasteiger partial charge in [-0.1, -0.05) is 12.1 Å². The second kappa shape index (κ2) is 5.21. The van der Waals surface area contributed by atoms with Gasteiger partial charge in [-0.2, -0.15) is 5.10 Å². The Morgan fingerprint density at radius 3 is 2.70 bits per heavy atom. The van der Waals surface area contributed by atoms with E-state index in [-0.39, 0.29) is 0 Å². The number of nitrogen functional groups attached to an aromatic ring is 1. The predicted octanol–water partition coefficient (Wildman–Crippen LogP) is 2.11. The minimum absolute atomic E-state index is 0.701. The molecule has 102 valence electrons. The van der Waals surface area contributed by atoms with Crippen LogP contribution < -0.4 is 10.5 Å². The normalized spacial score (nSPS) is 10.8. The lowest BCUT2D eigenvalue weighted by atomic mass is 10.1. The summed E-state index contributed by atoms with van der Waals surface area (Å²) in [6.45, 7) is 0. The minimum atomic E-state index is 0.701. The maximum absolute atomic E-state index is 5.73. The number of hydrogen-bond donors (Lipinski definition) is 1. The van der Waals surface area contributed by atoms with Crippen molar-refractivity contribution in [1.82, 2.24) is 14.6 Å². The molecular formula is C15H16N4O. The number of nitrogens with two attached hydrogens (primary N) is 1. The molecule has 3 aromatic rings. The number of anilines is 1. The molecule has 0 bridgehead atoms. The van der Waals surface area contributed by atoms with Gasteiger partial charge in [0.2, 0.25) is 0 Å². The van der Waals surface area contributed by atoms with Crippen molar-refractivity contribution in [3.8, 4) is 5.75 Å². The number of benzene rings is 1. The summed E-state index contributed by atoms with van der Waals surface area (Å²) in [5.74, 6) is 1.70. The molecule has 5 heteroatoms. The van der Waals surface area contributed by atoms with Gasteiger partial charge in [-0.3, -0.25) is 0 Å². The molecule has 3 rings (SSSR count). The van der Waals surface area contributed by atoms with Crippen LogP contribution in [0, 0.1) is 0 Å². The van der Waals surface area contributed by atoms with E-state index in [0.717, 1.165) is 30.1 Å². The van der Waals surface area contributed by atoms with Crippen LogP contribution in [-0.2, 0) is 12.8 Å². The van der Waals surface area contributed by atoms with Gasteiger partial charge < -0.3 is 10.5 Å². The minimum Gasteiger partial charge on any atom is -0.497 e. The van der Waals surface area contributed by atoms with Crippen LogP contribution in [0.25, 0.3) is 5.65 Å². The van der Waals surface area contributed by atoms with Gasteiger partial charge >= 0.3 is 0 Å². The van der Waals surface area contributed by atoms with E-state index in [1.165, 1.54) is 5.56 Å². The highest BCUT2D eigenvalue weighted by molar-refractivity contribution is 5.50. The van der Waals surface area contributed by atoms with Crippen LogP contribution in [0.2, 0.25) is 0 Å². The van der Waals surface area contributed by atoms with E-state index < -0.39 is 0 Å². The zero-order valence-corrected chi connectivity index (χ0v) is 11.3. The van der Waals surface area contributed by atoms with Gasteiger partial charge in [0.05, 0.1) is 7.11 Å². The van der Waals surface area contributed by atoms with Crippen LogP contribution in [0.4, 0.5) is 5.69 Å². The van der Waals surface area contributed by atoms with Gasteiger partial charge in [0.15, 0.2) is 11.5 Å². The van der Waals surface area contributed by atoms with Crippen molar-refractivity contribution in [3.05, 3.63) is 54.0 Å². The summed E-state index contributed by atoms with van der Waals surface area (Å²) in [5, 5.41) is 4.43. The van der Waals surface area contributed by atoms with Crippen molar-refractivity contribution < 1.29 is 4.74 Å². The number of aryl methyl sites for hydroxylation is 2. The lowest BCUT2D eigenvalue weighted by molar-refractivity contribution is 0.414. The van der Waals surface area contributed by atoms with Crippen LogP contribution in [0.5, 0.6) is 5.75 Å². The summed E-state index contributed by atoms with van der Waals surface area (Å²) in [5.41, 5.74) is 8.46. The van der Waals surface area contributed by atoms with Gasteiger partial charge in [0, 0.05) is 24.4 Å². The molecule has 2 heterocycles. The molecular weight excluding hydrogens is 252 g/mol. The Balaban J connectivity index is 1.72. The third kappa shape index (κ3) is 2.56. The van der Waals surface area contributed by atoms with E-state index >= 15 is 0 Å². The Morgan fingerprint density at radius 2 is 1.95 bits per heavy atom. The molecule has 0 unspecified atom stereocenters. The molecule has 0 saturated heterocycles. The zero-order valence-electron chi connectivity index (χ0n) is 11.3. The van der Waals surface area contributed by atoms with Crippen molar-refractivity contribution in [2.45, 2.75) is 12.8 Å². The van der Waals surface area contributed by atoms with Gasteiger partial charge in [0.25, 0.3) is 0 Å². The first kappa shape index (κ1) is 12.5. The molecule has 2 N–H and O–H groups in total. The van der Waals surface area contributed by atoms with E-state index in [1.807, 2.05) is 30.5 Å². The number of methoxy groups -OCH3 is 1. The Hall–Kier alpha value is -2.56. The fraction of sp³-hybridized carbons (Fsp3) is 0.200. The van der Waals surface area contributed by atoms with Crippen molar-refractivity contribution in [1.29, 1.82) is 0 Å². The van der Waals surface area contributed by atoms with E-state index in [2.05, 4.69) is 22.2 Å². The van der Waals surface area contributed by atoms with Gasteiger partial charge in [-0.05, 0) is 30.2 Å². The maximum Gasteiger partial charge on any atom is 0.157 e. The predicted molar refractivity (Wildman–Crippen MR) is 77.8 cm³/mol. The fourth-order valence-corrected chi connectivity index (χ4v) is 2.10. The van der Waals surface area contributed by atoms with Crippen LogP contribution in [0.15, 0.2) is 42.6 Å². The SMILES string of the molecule is COc1ccc(CCc2nc3cc(N)ccn3n2)cc1. The number of hydrogen-bond acceptors (Lipinski definition) is 4. The summed E-state index contributed by atoms with van der Waals surface area (Å²) in [6, 6.07) is 11.7. The standard InChI is InChI=1S/C15H16N4O/c1-20-13-5-2-11(3-6-13)4-7-14-17-15-10-12(16)8-9-19(15)18-14/h2-3,5-6,8-10H,4,7,16H2,1H3. The van der Waals surface area contributed by atoms with Gasteiger partial charge in [-0.25, -0.2) is 9.50 Å². The van der Waals surface area contributed by atoms with Crippen LogP contribution in [0.3, 0.4) is 0 Å². The Bertz CT molecular complexity index is 718. The van der Waals surface area contributed by atoms with E-state index in [4.69, 9.17) is 10.5 Å². The first-order valence-electron chi connectivity index (χ1n) is 6.48. The lowest BCUT2D eigenvalue weighted by Gasteiger charge is -2.01.